The van der Waals surface area contributed by atoms with E-state index in [0.29, 0.717) is 13.1 Å². The molecule has 0 spiro atoms. The Balaban J connectivity index is 2.25. The lowest BCUT2D eigenvalue weighted by Gasteiger charge is -2.36. The molecule has 0 amide bonds. The van der Waals surface area contributed by atoms with Gasteiger partial charge >= 0.3 is 0 Å². The van der Waals surface area contributed by atoms with Gasteiger partial charge in [-0.1, -0.05) is 13.8 Å². The van der Waals surface area contributed by atoms with Gasteiger partial charge in [-0.2, -0.15) is 9.40 Å². The summed E-state index contributed by atoms with van der Waals surface area (Å²) in [5.74, 6) is 0. The molecule has 2 heterocycles. The van der Waals surface area contributed by atoms with Crippen molar-refractivity contribution >= 4 is 10.0 Å². The highest BCUT2D eigenvalue weighted by atomic mass is 32.2. The number of sulfonamides is 1. The number of rotatable bonds is 2. The highest BCUT2D eigenvalue weighted by Crippen LogP contribution is 2.31. The predicted octanol–water partition coefficient (Wildman–Crippen LogP) is 1.22. The van der Waals surface area contributed by atoms with E-state index in [2.05, 4.69) is 24.0 Å². The van der Waals surface area contributed by atoms with Crippen LogP contribution in [-0.2, 0) is 10.0 Å². The smallest absolute Gasteiger partial charge is 0.259 e. The number of aromatic nitrogens is 2. The minimum atomic E-state index is -3.37. The van der Waals surface area contributed by atoms with Crippen LogP contribution in [0.3, 0.4) is 0 Å². The first-order valence-corrected chi connectivity index (χ1v) is 6.85. The van der Waals surface area contributed by atoms with Gasteiger partial charge in [-0.25, -0.2) is 8.42 Å². The molecule has 0 atom stereocenters. The van der Waals surface area contributed by atoms with E-state index in [-0.39, 0.29) is 10.4 Å². The molecular weight excluding hydrogens is 226 g/mol. The topological polar surface area (TPSA) is 66.1 Å². The van der Waals surface area contributed by atoms with E-state index in [9.17, 15) is 8.42 Å². The molecule has 1 saturated heterocycles. The Labute approximate surface area is 95.9 Å². The number of nitrogens with one attached hydrogen (secondary N) is 1. The molecule has 6 heteroatoms. The summed E-state index contributed by atoms with van der Waals surface area (Å²) in [5.41, 5.74) is 0.0609. The lowest BCUT2D eigenvalue weighted by Crippen LogP contribution is -2.43. The quantitative estimate of drug-likeness (QED) is 0.849. The molecule has 16 heavy (non-hydrogen) atoms. The van der Waals surface area contributed by atoms with Crippen molar-refractivity contribution in [2.45, 2.75) is 31.7 Å². The van der Waals surface area contributed by atoms with E-state index in [1.807, 2.05) is 0 Å². The second-order valence-electron chi connectivity index (χ2n) is 5.03. The maximum atomic E-state index is 12.2. The number of nitrogens with zero attached hydrogens (tertiary/aromatic N) is 2. The third kappa shape index (κ3) is 2.12. The average Bonchev–Trinajstić information content (AvgIpc) is 2.69. The zero-order chi connectivity index (χ0) is 11.8. The predicted molar refractivity (Wildman–Crippen MR) is 60.4 cm³/mol. The van der Waals surface area contributed by atoms with E-state index < -0.39 is 10.0 Å². The molecule has 1 fully saturated rings. The van der Waals surface area contributed by atoms with Gasteiger partial charge in [0.1, 0.15) is 0 Å². The maximum absolute atomic E-state index is 12.2. The largest absolute Gasteiger partial charge is 0.266 e. The molecular formula is C10H17N3O2S. The van der Waals surface area contributed by atoms with E-state index in [1.165, 1.54) is 12.3 Å². The van der Waals surface area contributed by atoms with Crippen molar-refractivity contribution in [3.05, 3.63) is 12.3 Å². The van der Waals surface area contributed by atoms with Crippen molar-refractivity contribution in [1.29, 1.82) is 0 Å². The van der Waals surface area contributed by atoms with Crippen LogP contribution in [0.15, 0.2) is 17.3 Å². The van der Waals surface area contributed by atoms with Crippen LogP contribution in [0.4, 0.5) is 0 Å². The highest BCUT2D eigenvalue weighted by Gasteiger charge is 2.34. The van der Waals surface area contributed by atoms with Crippen molar-refractivity contribution < 1.29 is 8.42 Å². The Morgan fingerprint density at radius 3 is 2.81 bits per heavy atom. The lowest BCUT2D eigenvalue weighted by molar-refractivity contribution is 0.186. The molecule has 0 bridgehead atoms. The zero-order valence-corrected chi connectivity index (χ0v) is 10.4. The fraction of sp³-hybridized carbons (Fsp3) is 0.700. The average molecular weight is 243 g/mol. The number of hydrogen-bond acceptors (Lipinski definition) is 3. The fourth-order valence-electron chi connectivity index (χ4n) is 2.10. The van der Waals surface area contributed by atoms with Gasteiger partial charge < -0.3 is 0 Å². The van der Waals surface area contributed by atoms with Gasteiger partial charge in [-0.05, 0) is 24.3 Å². The second-order valence-corrected chi connectivity index (χ2v) is 6.93. The van der Waals surface area contributed by atoms with E-state index in [0.717, 1.165) is 12.8 Å². The Hall–Kier alpha value is -0.880. The van der Waals surface area contributed by atoms with Crippen molar-refractivity contribution in [3.63, 3.8) is 0 Å². The molecule has 2 rings (SSSR count). The third-order valence-electron chi connectivity index (χ3n) is 2.96. The molecule has 1 aliphatic rings. The standard InChI is InChI=1S/C10H17N3O2S/c1-10(2)5-3-7-13(8-10)16(14,15)9-4-6-11-12-9/h4,6H,3,5,7-8H2,1-2H3,(H,11,12). The molecule has 1 aromatic heterocycles. The zero-order valence-electron chi connectivity index (χ0n) is 9.60. The van der Waals surface area contributed by atoms with Crippen molar-refractivity contribution in [2.24, 2.45) is 5.41 Å². The summed E-state index contributed by atoms with van der Waals surface area (Å²) in [4.78, 5) is 0. The summed E-state index contributed by atoms with van der Waals surface area (Å²) in [6.45, 7) is 5.38. The normalized spacial score (nSPS) is 22.1. The molecule has 1 N–H and O–H groups in total. The van der Waals surface area contributed by atoms with Gasteiger partial charge in [0.2, 0.25) is 0 Å². The first-order chi connectivity index (χ1) is 7.42. The van der Waals surface area contributed by atoms with Gasteiger partial charge in [-0.3, -0.25) is 5.10 Å². The minimum Gasteiger partial charge on any atom is -0.266 e. The SMILES string of the molecule is CC1(C)CCCN(S(=O)(=O)c2ccn[nH]2)C1. The van der Waals surface area contributed by atoms with Crippen LogP contribution >= 0.6 is 0 Å². The number of aromatic amines is 1. The van der Waals surface area contributed by atoms with Crippen molar-refractivity contribution in [1.82, 2.24) is 14.5 Å². The minimum absolute atomic E-state index is 0.0609. The molecule has 0 saturated carbocycles. The molecule has 90 valence electrons. The summed E-state index contributed by atoms with van der Waals surface area (Å²) in [5, 5.41) is 6.40. The highest BCUT2D eigenvalue weighted by molar-refractivity contribution is 7.89. The second kappa shape index (κ2) is 3.85. The van der Waals surface area contributed by atoms with Crippen LogP contribution in [0.1, 0.15) is 26.7 Å². The Kier molecular flexibility index (Phi) is 2.79. The summed E-state index contributed by atoms with van der Waals surface area (Å²) in [6, 6.07) is 1.50. The summed E-state index contributed by atoms with van der Waals surface area (Å²) in [7, 11) is -3.37. The van der Waals surface area contributed by atoms with Crippen molar-refractivity contribution in [3.8, 4) is 0 Å². The summed E-state index contributed by atoms with van der Waals surface area (Å²) < 4.78 is 25.9. The number of H-pyrrole nitrogens is 1. The monoisotopic (exact) mass is 243 g/mol. The third-order valence-corrected chi connectivity index (χ3v) is 4.73. The Bertz CT molecular complexity index is 450. The molecule has 0 aliphatic carbocycles. The first-order valence-electron chi connectivity index (χ1n) is 5.41. The van der Waals surface area contributed by atoms with Crippen LogP contribution < -0.4 is 0 Å². The van der Waals surface area contributed by atoms with E-state index >= 15 is 0 Å². The lowest BCUT2D eigenvalue weighted by atomic mass is 9.85. The van der Waals surface area contributed by atoms with Gasteiger partial charge in [0.15, 0.2) is 5.03 Å². The molecule has 0 unspecified atom stereocenters. The molecule has 1 aromatic rings. The molecule has 0 radical (unpaired) electrons. The Morgan fingerprint density at radius 1 is 1.50 bits per heavy atom. The van der Waals surface area contributed by atoms with Crippen LogP contribution in [0.25, 0.3) is 0 Å². The van der Waals surface area contributed by atoms with Gasteiger partial charge in [-0.15, -0.1) is 0 Å². The summed E-state index contributed by atoms with van der Waals surface area (Å²) in [6.07, 6.45) is 3.45. The maximum Gasteiger partial charge on any atom is 0.259 e. The summed E-state index contributed by atoms with van der Waals surface area (Å²) >= 11 is 0. The van der Waals surface area contributed by atoms with Crippen LogP contribution in [0.5, 0.6) is 0 Å². The van der Waals surface area contributed by atoms with E-state index in [4.69, 9.17) is 0 Å². The first kappa shape index (κ1) is 11.6. The Morgan fingerprint density at radius 2 is 2.25 bits per heavy atom. The molecule has 0 aromatic carbocycles. The van der Waals surface area contributed by atoms with Gasteiger partial charge in [0.25, 0.3) is 10.0 Å². The van der Waals surface area contributed by atoms with Crippen LogP contribution in [0.2, 0.25) is 0 Å². The van der Waals surface area contributed by atoms with E-state index in [1.54, 1.807) is 4.31 Å². The van der Waals surface area contributed by atoms with Crippen molar-refractivity contribution in [2.75, 3.05) is 13.1 Å². The molecule has 1 aliphatic heterocycles. The van der Waals surface area contributed by atoms with Crippen LogP contribution in [0, 0.1) is 5.41 Å². The van der Waals surface area contributed by atoms with Gasteiger partial charge in [0.05, 0.1) is 6.20 Å². The number of hydrogen-bond donors (Lipinski definition) is 1. The molecule has 5 nitrogen and oxygen atoms in total. The van der Waals surface area contributed by atoms with Crippen LogP contribution in [-0.4, -0.2) is 36.0 Å². The van der Waals surface area contributed by atoms with Gasteiger partial charge in [0, 0.05) is 13.1 Å². The fourth-order valence-corrected chi connectivity index (χ4v) is 3.67. The number of piperidine rings is 1.